The van der Waals surface area contributed by atoms with Gasteiger partial charge in [0.2, 0.25) is 0 Å². The summed E-state index contributed by atoms with van der Waals surface area (Å²) in [5, 5.41) is 18.3. The number of hydrogen-bond acceptors (Lipinski definition) is 3. The van der Waals surface area contributed by atoms with Gasteiger partial charge in [-0.25, -0.2) is 0 Å². The van der Waals surface area contributed by atoms with Gasteiger partial charge in [0, 0.05) is 4.47 Å². The molecule has 0 saturated carbocycles. The van der Waals surface area contributed by atoms with Crippen molar-refractivity contribution in [3.63, 3.8) is 0 Å². The highest BCUT2D eigenvalue weighted by Gasteiger charge is 2.23. The van der Waals surface area contributed by atoms with E-state index in [1.807, 2.05) is 6.92 Å². The van der Waals surface area contributed by atoms with Crippen LogP contribution in [0.25, 0.3) is 0 Å². The summed E-state index contributed by atoms with van der Waals surface area (Å²) in [6.45, 7) is 1.85. The number of carbonyl (C=O) groups is 1. The molecule has 1 aromatic carbocycles. The maximum atomic E-state index is 10.6. The van der Waals surface area contributed by atoms with E-state index >= 15 is 0 Å². The fraction of sp³-hybridized carbons (Fsp3) is 0.300. The molecule has 0 aliphatic carbocycles. The second-order valence-corrected chi connectivity index (χ2v) is 4.17. The molecule has 4 nitrogen and oxygen atoms in total. The molecule has 0 aromatic heterocycles. The third-order valence-corrected chi connectivity index (χ3v) is 3.04. The Morgan fingerprint density at radius 2 is 2.13 bits per heavy atom. The van der Waals surface area contributed by atoms with E-state index in [1.165, 1.54) is 0 Å². The number of aliphatic carboxylic acids is 1. The van der Waals surface area contributed by atoms with Crippen molar-refractivity contribution in [1.29, 1.82) is 0 Å². The van der Waals surface area contributed by atoms with E-state index in [1.54, 1.807) is 18.2 Å². The number of rotatable bonds is 3. The molecule has 82 valence electrons. The lowest BCUT2D eigenvalue weighted by atomic mass is 10.0. The van der Waals surface area contributed by atoms with Crippen LogP contribution in [0.2, 0.25) is 0 Å². The number of benzene rings is 1. The number of aliphatic hydroxyl groups excluding tert-OH is 1. The van der Waals surface area contributed by atoms with Crippen molar-refractivity contribution in [2.24, 2.45) is 5.73 Å². The number of aliphatic hydroxyl groups is 1. The second kappa shape index (κ2) is 4.74. The third kappa shape index (κ3) is 2.77. The minimum absolute atomic E-state index is 0.505. The van der Waals surface area contributed by atoms with Crippen molar-refractivity contribution in [1.82, 2.24) is 0 Å². The van der Waals surface area contributed by atoms with Crippen LogP contribution in [0, 0.1) is 6.92 Å². The van der Waals surface area contributed by atoms with Gasteiger partial charge in [-0.15, -0.1) is 0 Å². The molecule has 2 atom stereocenters. The molecule has 15 heavy (non-hydrogen) atoms. The van der Waals surface area contributed by atoms with Crippen LogP contribution in [-0.4, -0.2) is 22.2 Å². The van der Waals surface area contributed by atoms with Crippen molar-refractivity contribution in [2.75, 3.05) is 0 Å². The number of carboxylic acids is 1. The summed E-state index contributed by atoms with van der Waals surface area (Å²) in [7, 11) is 0. The zero-order valence-corrected chi connectivity index (χ0v) is 9.73. The van der Waals surface area contributed by atoms with E-state index in [0.717, 1.165) is 10.0 Å². The second-order valence-electron chi connectivity index (χ2n) is 3.32. The molecular weight excluding hydrogens is 262 g/mol. The van der Waals surface area contributed by atoms with Gasteiger partial charge in [-0.05, 0) is 24.1 Å². The first-order valence-corrected chi connectivity index (χ1v) is 5.15. The lowest BCUT2D eigenvalue weighted by Crippen LogP contribution is -2.36. The van der Waals surface area contributed by atoms with Crippen LogP contribution in [0.3, 0.4) is 0 Å². The molecule has 1 aromatic rings. The van der Waals surface area contributed by atoms with E-state index in [-0.39, 0.29) is 0 Å². The standard InChI is InChI=1S/C10H12BrNO3/c1-5-4-6(2-3-7(5)11)9(13)8(12)10(14)15/h2-4,8-9,13H,12H2,1H3,(H,14,15). The first-order chi connectivity index (χ1) is 6.93. The van der Waals surface area contributed by atoms with Gasteiger partial charge in [0.15, 0.2) is 0 Å². The predicted octanol–water partition coefficient (Wildman–Crippen LogP) is 1.20. The van der Waals surface area contributed by atoms with E-state index in [0.29, 0.717) is 5.56 Å². The van der Waals surface area contributed by atoms with Crippen LogP contribution in [0.15, 0.2) is 22.7 Å². The number of nitrogens with two attached hydrogens (primary N) is 1. The van der Waals surface area contributed by atoms with E-state index < -0.39 is 18.1 Å². The Kier molecular flexibility index (Phi) is 3.84. The van der Waals surface area contributed by atoms with Crippen LogP contribution in [0.5, 0.6) is 0 Å². The van der Waals surface area contributed by atoms with Crippen molar-refractivity contribution in [3.05, 3.63) is 33.8 Å². The Balaban J connectivity index is 2.96. The average molecular weight is 274 g/mol. The smallest absolute Gasteiger partial charge is 0.323 e. The molecule has 0 amide bonds. The SMILES string of the molecule is Cc1cc(C(O)C(N)C(=O)O)ccc1Br. The van der Waals surface area contributed by atoms with Gasteiger partial charge in [0.05, 0.1) is 0 Å². The Bertz CT molecular complexity index is 381. The Hall–Kier alpha value is -0.910. The molecule has 5 heteroatoms. The van der Waals surface area contributed by atoms with Crippen LogP contribution >= 0.6 is 15.9 Å². The van der Waals surface area contributed by atoms with Crippen LogP contribution < -0.4 is 5.73 Å². The summed E-state index contributed by atoms with van der Waals surface area (Å²) in [5.41, 5.74) is 6.74. The zero-order valence-electron chi connectivity index (χ0n) is 8.14. The van der Waals surface area contributed by atoms with Crippen molar-refractivity contribution >= 4 is 21.9 Å². The van der Waals surface area contributed by atoms with Crippen LogP contribution in [0.1, 0.15) is 17.2 Å². The molecule has 0 fully saturated rings. The molecule has 0 radical (unpaired) electrons. The van der Waals surface area contributed by atoms with Crippen LogP contribution in [-0.2, 0) is 4.79 Å². The van der Waals surface area contributed by atoms with Gasteiger partial charge in [-0.3, -0.25) is 4.79 Å². The summed E-state index contributed by atoms with van der Waals surface area (Å²) in [4.78, 5) is 10.6. The lowest BCUT2D eigenvalue weighted by Gasteiger charge is -2.15. The molecule has 0 spiro atoms. The maximum Gasteiger partial charge on any atom is 0.323 e. The highest BCUT2D eigenvalue weighted by atomic mass is 79.9. The largest absolute Gasteiger partial charge is 0.480 e. The number of hydrogen-bond donors (Lipinski definition) is 3. The molecule has 4 N–H and O–H groups in total. The van der Waals surface area contributed by atoms with Gasteiger partial charge in [0.1, 0.15) is 12.1 Å². The number of carboxylic acid groups (broad SMARTS) is 1. The normalized spacial score (nSPS) is 14.7. The summed E-state index contributed by atoms with van der Waals surface area (Å²) < 4.78 is 0.905. The molecule has 2 unspecified atom stereocenters. The monoisotopic (exact) mass is 273 g/mol. The molecule has 0 aliphatic heterocycles. The molecule has 1 rings (SSSR count). The van der Waals surface area contributed by atoms with E-state index in [9.17, 15) is 9.90 Å². The van der Waals surface area contributed by atoms with Crippen molar-refractivity contribution in [3.8, 4) is 0 Å². The molecule has 0 saturated heterocycles. The fourth-order valence-corrected chi connectivity index (χ4v) is 1.44. The van der Waals surface area contributed by atoms with Gasteiger partial charge in [-0.1, -0.05) is 28.1 Å². The molecule has 0 aliphatic rings. The zero-order chi connectivity index (χ0) is 11.6. The van der Waals surface area contributed by atoms with E-state index in [2.05, 4.69) is 15.9 Å². The van der Waals surface area contributed by atoms with Gasteiger partial charge < -0.3 is 15.9 Å². The molecular formula is C10H12BrNO3. The third-order valence-electron chi connectivity index (χ3n) is 2.15. The van der Waals surface area contributed by atoms with Gasteiger partial charge in [0.25, 0.3) is 0 Å². The minimum Gasteiger partial charge on any atom is -0.480 e. The summed E-state index contributed by atoms with van der Waals surface area (Å²) in [5.74, 6) is -1.22. The Morgan fingerprint density at radius 3 is 2.60 bits per heavy atom. The average Bonchev–Trinajstić information content (AvgIpc) is 2.19. The van der Waals surface area contributed by atoms with Gasteiger partial charge in [-0.2, -0.15) is 0 Å². The fourth-order valence-electron chi connectivity index (χ4n) is 1.19. The topological polar surface area (TPSA) is 83.5 Å². The number of halogens is 1. The summed E-state index contributed by atoms with van der Waals surface area (Å²) in [6, 6.07) is 3.80. The maximum absolute atomic E-state index is 10.6. The molecule has 0 bridgehead atoms. The molecule has 0 heterocycles. The first-order valence-electron chi connectivity index (χ1n) is 4.36. The summed E-state index contributed by atoms with van der Waals surface area (Å²) >= 11 is 3.32. The predicted molar refractivity (Wildman–Crippen MR) is 59.5 cm³/mol. The van der Waals surface area contributed by atoms with Crippen molar-refractivity contribution < 1.29 is 15.0 Å². The number of aryl methyl sites for hydroxylation is 1. The van der Waals surface area contributed by atoms with Gasteiger partial charge >= 0.3 is 5.97 Å². The van der Waals surface area contributed by atoms with Crippen LogP contribution in [0.4, 0.5) is 0 Å². The first kappa shape index (κ1) is 12.2. The van der Waals surface area contributed by atoms with Crippen molar-refractivity contribution in [2.45, 2.75) is 19.1 Å². The Morgan fingerprint density at radius 1 is 1.53 bits per heavy atom. The van der Waals surface area contributed by atoms with E-state index in [4.69, 9.17) is 10.8 Å². The highest BCUT2D eigenvalue weighted by molar-refractivity contribution is 9.10. The highest BCUT2D eigenvalue weighted by Crippen LogP contribution is 2.22. The summed E-state index contributed by atoms with van der Waals surface area (Å²) in [6.07, 6.45) is -1.19. The Labute approximate surface area is 95.8 Å². The minimum atomic E-state index is -1.30. The lowest BCUT2D eigenvalue weighted by molar-refractivity contribution is -0.141. The quantitative estimate of drug-likeness (QED) is 0.773.